The van der Waals surface area contributed by atoms with Gasteiger partial charge in [0.25, 0.3) is 5.91 Å². The predicted octanol–water partition coefficient (Wildman–Crippen LogP) is 5.74. The summed E-state index contributed by atoms with van der Waals surface area (Å²) in [4.78, 5) is 33.2. The van der Waals surface area contributed by atoms with Crippen LogP contribution in [0.4, 0.5) is 24.5 Å². The van der Waals surface area contributed by atoms with E-state index in [0.717, 1.165) is 23.1 Å². The number of ketones is 1. The second-order valence-electron chi connectivity index (χ2n) is 9.19. The lowest BCUT2D eigenvalue weighted by molar-refractivity contribution is -0.136. The maximum atomic E-state index is 14.1. The molecule has 0 aliphatic carbocycles. The number of piperazine rings is 1. The van der Waals surface area contributed by atoms with Gasteiger partial charge < -0.3 is 20.3 Å². The van der Waals surface area contributed by atoms with E-state index >= 15 is 0 Å². The van der Waals surface area contributed by atoms with E-state index in [1.807, 2.05) is 12.1 Å². The van der Waals surface area contributed by atoms with Crippen LogP contribution in [0, 0.1) is 0 Å². The molecule has 0 spiro atoms. The molecule has 0 atom stereocenters. The lowest BCUT2D eigenvalue weighted by Crippen LogP contribution is -2.48. The predicted molar refractivity (Wildman–Crippen MR) is 146 cm³/mol. The molecular weight excluding hydrogens is 529 g/mol. The quantitative estimate of drug-likeness (QED) is 0.317. The second kappa shape index (κ2) is 10.2. The van der Waals surface area contributed by atoms with Crippen LogP contribution < -0.4 is 15.4 Å². The van der Waals surface area contributed by atoms with Gasteiger partial charge in [-0.1, -0.05) is 0 Å². The molecule has 0 bridgehead atoms. The Morgan fingerprint density at radius 3 is 2.21 bits per heavy atom. The number of rotatable bonds is 5. The number of carbonyl (C=O) groups excluding carboxylic acids is 2. The first kappa shape index (κ1) is 26.5. The van der Waals surface area contributed by atoms with Crippen LogP contribution in [0.5, 0.6) is 5.75 Å². The third-order valence-corrected chi connectivity index (χ3v) is 7.88. The highest BCUT2D eigenvalue weighted by Crippen LogP contribution is 2.44. The summed E-state index contributed by atoms with van der Waals surface area (Å²) >= 11 is 0.876. The van der Waals surface area contributed by atoms with Crippen molar-refractivity contribution in [2.75, 3.05) is 43.9 Å². The number of nitrogens with two attached hydrogens (primary N) is 1. The van der Waals surface area contributed by atoms with Crippen LogP contribution in [0.1, 0.15) is 32.5 Å². The Balaban J connectivity index is 1.42. The van der Waals surface area contributed by atoms with E-state index in [1.54, 1.807) is 41.3 Å². The van der Waals surface area contributed by atoms with Crippen LogP contribution in [-0.2, 0) is 6.18 Å². The van der Waals surface area contributed by atoms with Crippen molar-refractivity contribution in [1.29, 1.82) is 0 Å². The van der Waals surface area contributed by atoms with Gasteiger partial charge in [-0.2, -0.15) is 13.2 Å². The van der Waals surface area contributed by atoms with Gasteiger partial charge in [0.05, 0.1) is 24.1 Å². The number of hydrogen-bond acceptors (Lipinski definition) is 7. The van der Waals surface area contributed by atoms with Gasteiger partial charge in [0.15, 0.2) is 5.78 Å². The van der Waals surface area contributed by atoms with Crippen LogP contribution in [-0.4, -0.2) is 54.9 Å². The number of hydrogen-bond donors (Lipinski definition) is 1. The molecule has 11 heteroatoms. The first-order valence-electron chi connectivity index (χ1n) is 12.2. The number of aromatic nitrogens is 1. The highest BCUT2D eigenvalue weighted by molar-refractivity contribution is 7.21. The number of carbonyl (C=O) groups is 2. The van der Waals surface area contributed by atoms with Crippen molar-refractivity contribution in [3.63, 3.8) is 0 Å². The molecule has 3 heterocycles. The molecule has 1 aliphatic rings. The Labute approximate surface area is 226 Å². The Morgan fingerprint density at radius 2 is 1.64 bits per heavy atom. The monoisotopic (exact) mass is 554 g/mol. The Hall–Kier alpha value is -4.12. The van der Waals surface area contributed by atoms with E-state index < -0.39 is 17.6 Å². The summed E-state index contributed by atoms with van der Waals surface area (Å²) < 4.78 is 47.5. The van der Waals surface area contributed by atoms with Gasteiger partial charge in [-0.15, -0.1) is 11.3 Å². The number of thiophene rings is 1. The molecule has 1 aliphatic heterocycles. The second-order valence-corrected chi connectivity index (χ2v) is 10.2. The normalized spacial score (nSPS) is 14.1. The van der Waals surface area contributed by atoms with Crippen LogP contribution in [0.25, 0.3) is 21.5 Å². The molecule has 0 radical (unpaired) electrons. The van der Waals surface area contributed by atoms with E-state index in [2.05, 4.69) is 9.88 Å². The summed E-state index contributed by atoms with van der Waals surface area (Å²) in [5.41, 5.74) is 7.22. The Morgan fingerprint density at radius 1 is 1.00 bits per heavy atom. The number of nitrogens with zero attached hydrogens (tertiary/aromatic N) is 3. The molecule has 0 saturated carbocycles. The maximum Gasteiger partial charge on any atom is 0.417 e. The van der Waals surface area contributed by atoms with Crippen molar-refractivity contribution in [3.8, 4) is 17.0 Å². The smallest absolute Gasteiger partial charge is 0.417 e. The number of alkyl halides is 3. The zero-order valence-corrected chi connectivity index (χ0v) is 22.0. The average Bonchev–Trinajstić information content (AvgIpc) is 3.27. The Kier molecular flexibility index (Phi) is 6.94. The fraction of sp³-hybridized carbons (Fsp3) is 0.250. The number of nitrogen functional groups attached to an aromatic ring is 1. The number of amides is 1. The van der Waals surface area contributed by atoms with Crippen LogP contribution in [0.15, 0.2) is 54.6 Å². The highest BCUT2D eigenvalue weighted by Gasteiger charge is 2.37. The number of halogens is 3. The zero-order chi connectivity index (χ0) is 27.9. The van der Waals surface area contributed by atoms with Gasteiger partial charge in [0, 0.05) is 48.4 Å². The molecule has 2 aromatic carbocycles. The summed E-state index contributed by atoms with van der Waals surface area (Å²) in [6, 6.07) is 14.8. The van der Waals surface area contributed by atoms with Crippen LogP contribution in [0.2, 0.25) is 0 Å². The largest absolute Gasteiger partial charge is 0.497 e. The van der Waals surface area contributed by atoms with Crippen molar-refractivity contribution in [2.24, 2.45) is 0 Å². The third kappa shape index (κ3) is 5.14. The van der Waals surface area contributed by atoms with E-state index in [4.69, 9.17) is 10.5 Å². The first-order chi connectivity index (χ1) is 18.6. The van der Waals surface area contributed by atoms with Crippen LogP contribution >= 0.6 is 11.3 Å². The minimum atomic E-state index is -4.69. The van der Waals surface area contributed by atoms with Gasteiger partial charge in [-0.25, -0.2) is 4.98 Å². The number of benzene rings is 2. The molecule has 1 amide bonds. The lowest BCUT2D eigenvalue weighted by Gasteiger charge is -2.36. The van der Waals surface area contributed by atoms with Crippen molar-refractivity contribution in [3.05, 3.63) is 70.6 Å². The number of anilines is 2. The summed E-state index contributed by atoms with van der Waals surface area (Å²) in [6.45, 7) is 3.31. The molecule has 39 heavy (non-hydrogen) atoms. The standard InChI is InChI=1S/C28H25F3N4O3S/c1-16(36)17-3-7-19(8-4-17)34-11-13-35(14-12-34)27(37)25-24(32)23-21(28(29,30)31)15-22(33-26(23)39-25)18-5-9-20(38-2)10-6-18/h3-10,15H,11-14,32H2,1-2H3. The average molecular weight is 555 g/mol. The highest BCUT2D eigenvalue weighted by atomic mass is 32.1. The van der Waals surface area contributed by atoms with Gasteiger partial charge >= 0.3 is 6.18 Å². The molecule has 0 unspecified atom stereocenters. The summed E-state index contributed by atoms with van der Waals surface area (Å²) in [5.74, 6) is 0.135. The molecule has 4 aromatic rings. The van der Waals surface area contributed by atoms with Crippen molar-refractivity contribution < 1.29 is 27.5 Å². The number of fused-ring (bicyclic) bond motifs is 1. The fourth-order valence-corrected chi connectivity index (χ4v) is 5.72. The third-order valence-electron chi connectivity index (χ3n) is 6.79. The minimum absolute atomic E-state index is 0.0165. The molecule has 2 aromatic heterocycles. The van der Waals surface area contributed by atoms with Crippen molar-refractivity contribution in [2.45, 2.75) is 13.1 Å². The van der Waals surface area contributed by atoms with E-state index in [0.29, 0.717) is 43.1 Å². The summed E-state index contributed by atoms with van der Waals surface area (Å²) in [6.07, 6.45) is -4.69. The lowest BCUT2D eigenvalue weighted by atomic mass is 10.1. The minimum Gasteiger partial charge on any atom is -0.497 e. The Bertz CT molecular complexity index is 1540. The molecule has 1 saturated heterocycles. The number of ether oxygens (including phenoxy) is 1. The number of Topliss-reactive ketones (excluding diaryl/α,β-unsaturated/α-hetero) is 1. The molecule has 2 N–H and O–H groups in total. The van der Waals surface area contributed by atoms with Gasteiger partial charge in [0.2, 0.25) is 0 Å². The maximum absolute atomic E-state index is 14.1. The van der Waals surface area contributed by atoms with Gasteiger partial charge in [-0.05, 0) is 61.5 Å². The van der Waals surface area contributed by atoms with Crippen LogP contribution in [0.3, 0.4) is 0 Å². The van der Waals surface area contributed by atoms with Gasteiger partial charge in [0.1, 0.15) is 15.5 Å². The zero-order valence-electron chi connectivity index (χ0n) is 21.2. The molecule has 1 fully saturated rings. The summed E-state index contributed by atoms with van der Waals surface area (Å²) in [5, 5.41) is -0.252. The van der Waals surface area contributed by atoms with Crippen molar-refractivity contribution >= 4 is 44.6 Å². The fourth-order valence-electron chi connectivity index (χ4n) is 4.63. The van der Waals surface area contributed by atoms with E-state index in [1.165, 1.54) is 14.0 Å². The van der Waals surface area contributed by atoms with E-state index in [-0.39, 0.29) is 32.3 Å². The summed E-state index contributed by atoms with van der Waals surface area (Å²) in [7, 11) is 1.50. The van der Waals surface area contributed by atoms with E-state index in [9.17, 15) is 22.8 Å². The molecular formula is C28H25F3N4O3S. The molecule has 7 nitrogen and oxygen atoms in total. The van der Waals surface area contributed by atoms with Gasteiger partial charge in [-0.3, -0.25) is 9.59 Å². The SMILES string of the molecule is COc1ccc(-c2cc(C(F)(F)F)c3c(N)c(C(=O)N4CCN(c5ccc(C(C)=O)cc5)CC4)sc3n2)cc1. The van der Waals surface area contributed by atoms with Crippen molar-refractivity contribution in [1.82, 2.24) is 9.88 Å². The topological polar surface area (TPSA) is 88.8 Å². The molecule has 202 valence electrons. The first-order valence-corrected chi connectivity index (χ1v) is 13.0. The number of methoxy groups -OCH3 is 1. The number of pyridine rings is 1. The molecule has 5 rings (SSSR count).